The third kappa shape index (κ3) is 3.11. The molecule has 0 aliphatic carbocycles. The second-order valence-electron chi connectivity index (χ2n) is 6.73. The van der Waals surface area contributed by atoms with Gasteiger partial charge in [0.2, 0.25) is 5.88 Å². The molecule has 2 aromatic heterocycles. The summed E-state index contributed by atoms with van der Waals surface area (Å²) in [5.41, 5.74) is 1.09. The zero-order valence-corrected chi connectivity index (χ0v) is 14.2. The Labute approximate surface area is 136 Å². The predicted octanol–water partition coefficient (Wildman–Crippen LogP) is 1.63. The van der Waals surface area contributed by atoms with Gasteiger partial charge >= 0.3 is 7.12 Å². The van der Waals surface area contributed by atoms with Crippen LogP contribution in [0.5, 0.6) is 5.88 Å². The summed E-state index contributed by atoms with van der Waals surface area (Å²) in [4.78, 5) is 4.39. The minimum atomic E-state index is -0.396. The molecule has 1 fully saturated rings. The van der Waals surface area contributed by atoms with E-state index in [-0.39, 0.29) is 11.2 Å². The fraction of sp³-hybridized carbons (Fsp3) is 0.500. The Morgan fingerprint density at radius 2 is 1.87 bits per heavy atom. The molecule has 23 heavy (non-hydrogen) atoms. The molecular formula is C16H22BN3O3. The Kier molecular flexibility index (Phi) is 3.94. The Morgan fingerprint density at radius 3 is 2.52 bits per heavy atom. The zero-order valence-electron chi connectivity index (χ0n) is 14.2. The van der Waals surface area contributed by atoms with Crippen LogP contribution in [0.1, 0.15) is 33.4 Å². The minimum Gasteiger partial charge on any atom is -0.481 e. The van der Waals surface area contributed by atoms with Crippen molar-refractivity contribution in [2.75, 3.05) is 7.11 Å². The van der Waals surface area contributed by atoms with Crippen LogP contribution in [0.25, 0.3) is 0 Å². The van der Waals surface area contributed by atoms with Gasteiger partial charge in [0, 0.05) is 23.9 Å². The molecule has 3 rings (SSSR count). The van der Waals surface area contributed by atoms with Crippen LogP contribution >= 0.6 is 0 Å². The number of rotatable bonds is 4. The summed E-state index contributed by atoms with van der Waals surface area (Å²) < 4.78 is 19.0. The number of pyridine rings is 1. The summed E-state index contributed by atoms with van der Waals surface area (Å²) in [6.07, 6.45) is 3.71. The lowest BCUT2D eigenvalue weighted by Crippen LogP contribution is -2.41. The molecule has 0 N–H and O–H groups in total. The van der Waals surface area contributed by atoms with E-state index >= 15 is 0 Å². The normalized spacial score (nSPS) is 19.1. The fourth-order valence-corrected chi connectivity index (χ4v) is 2.39. The first-order valence-corrected chi connectivity index (χ1v) is 7.69. The van der Waals surface area contributed by atoms with E-state index in [0.717, 1.165) is 11.2 Å². The highest BCUT2D eigenvalue weighted by Gasteiger charge is 2.52. The lowest BCUT2D eigenvalue weighted by atomic mass is 9.82. The molecule has 6 nitrogen and oxygen atoms in total. The molecule has 1 saturated heterocycles. The van der Waals surface area contributed by atoms with E-state index in [1.807, 2.05) is 56.8 Å². The molecule has 0 unspecified atom stereocenters. The number of nitrogens with zero attached hydrogens (tertiary/aromatic N) is 3. The topological polar surface area (TPSA) is 58.4 Å². The summed E-state index contributed by atoms with van der Waals surface area (Å²) in [5.74, 6) is 0.598. The van der Waals surface area contributed by atoms with Crippen molar-refractivity contribution in [1.82, 2.24) is 14.8 Å². The van der Waals surface area contributed by atoms with Crippen LogP contribution in [0.2, 0.25) is 0 Å². The van der Waals surface area contributed by atoms with Crippen molar-refractivity contribution in [3.8, 4) is 5.88 Å². The van der Waals surface area contributed by atoms with E-state index < -0.39 is 7.12 Å². The molecule has 0 aromatic carbocycles. The van der Waals surface area contributed by atoms with Crippen molar-refractivity contribution in [2.24, 2.45) is 0 Å². The number of hydrogen-bond donors (Lipinski definition) is 0. The van der Waals surface area contributed by atoms with Crippen LogP contribution in [-0.4, -0.2) is 40.2 Å². The Morgan fingerprint density at radius 1 is 1.17 bits per heavy atom. The van der Waals surface area contributed by atoms with Crippen molar-refractivity contribution in [2.45, 2.75) is 45.4 Å². The number of aromatic nitrogens is 3. The highest BCUT2D eigenvalue weighted by Crippen LogP contribution is 2.36. The third-order valence-corrected chi connectivity index (χ3v) is 4.49. The van der Waals surface area contributed by atoms with Gasteiger partial charge in [-0.3, -0.25) is 4.68 Å². The maximum Gasteiger partial charge on any atom is 0.498 e. The molecule has 0 radical (unpaired) electrons. The molecule has 0 atom stereocenters. The molecule has 1 aliphatic heterocycles. The van der Waals surface area contributed by atoms with Crippen molar-refractivity contribution in [1.29, 1.82) is 0 Å². The van der Waals surface area contributed by atoms with Crippen LogP contribution in [0, 0.1) is 0 Å². The average molecular weight is 315 g/mol. The van der Waals surface area contributed by atoms with Crippen LogP contribution < -0.4 is 10.2 Å². The van der Waals surface area contributed by atoms with Gasteiger partial charge in [-0.15, -0.1) is 0 Å². The lowest BCUT2D eigenvalue weighted by Gasteiger charge is -2.32. The Bertz CT molecular complexity index is 683. The maximum absolute atomic E-state index is 6.04. The summed E-state index contributed by atoms with van der Waals surface area (Å²) in [6, 6.07) is 5.68. The molecule has 0 spiro atoms. The molecule has 122 valence electrons. The SMILES string of the molecule is COc1cccc(Cn2cc(B3OC(C)(C)C(C)(C)O3)cn2)n1. The molecule has 7 heteroatoms. The molecular weight excluding hydrogens is 293 g/mol. The largest absolute Gasteiger partial charge is 0.498 e. The van der Waals surface area contributed by atoms with Crippen molar-refractivity contribution in [3.05, 3.63) is 36.3 Å². The zero-order chi connectivity index (χ0) is 16.7. The van der Waals surface area contributed by atoms with Gasteiger partial charge < -0.3 is 14.0 Å². The van der Waals surface area contributed by atoms with Crippen molar-refractivity contribution >= 4 is 12.6 Å². The first kappa shape index (κ1) is 16.0. The summed E-state index contributed by atoms with van der Waals surface area (Å²) in [6.45, 7) is 8.72. The number of methoxy groups -OCH3 is 1. The molecule has 0 bridgehead atoms. The van der Waals surface area contributed by atoms with E-state index in [1.54, 1.807) is 13.3 Å². The minimum absolute atomic E-state index is 0.353. The van der Waals surface area contributed by atoms with Gasteiger partial charge in [0.05, 0.1) is 30.6 Å². The van der Waals surface area contributed by atoms with E-state index in [4.69, 9.17) is 14.0 Å². The van der Waals surface area contributed by atoms with Gasteiger partial charge in [-0.1, -0.05) is 6.07 Å². The summed E-state index contributed by atoms with van der Waals surface area (Å²) in [7, 11) is 1.21. The highest BCUT2D eigenvalue weighted by molar-refractivity contribution is 6.61. The third-order valence-electron chi connectivity index (χ3n) is 4.49. The van der Waals surface area contributed by atoms with Crippen LogP contribution in [-0.2, 0) is 15.9 Å². The first-order chi connectivity index (χ1) is 10.8. The van der Waals surface area contributed by atoms with Gasteiger partial charge in [-0.25, -0.2) is 4.98 Å². The molecule has 3 heterocycles. The van der Waals surface area contributed by atoms with Gasteiger partial charge in [0.1, 0.15) is 0 Å². The standard InChI is InChI=1S/C16H22BN3O3/c1-15(2)16(3,4)23-17(22-15)12-9-18-20(10-12)11-13-7-6-8-14(19-13)21-5/h6-10H,11H2,1-5H3. The second-order valence-corrected chi connectivity index (χ2v) is 6.73. The van der Waals surface area contributed by atoms with Gasteiger partial charge in [-0.05, 0) is 33.8 Å². The number of hydrogen-bond acceptors (Lipinski definition) is 5. The van der Waals surface area contributed by atoms with Gasteiger partial charge in [0.25, 0.3) is 0 Å². The molecule has 1 aliphatic rings. The van der Waals surface area contributed by atoms with E-state index in [0.29, 0.717) is 12.4 Å². The quantitative estimate of drug-likeness (QED) is 0.803. The van der Waals surface area contributed by atoms with E-state index in [1.165, 1.54) is 0 Å². The Balaban J connectivity index is 1.74. The van der Waals surface area contributed by atoms with E-state index in [9.17, 15) is 0 Å². The van der Waals surface area contributed by atoms with E-state index in [2.05, 4.69) is 10.1 Å². The van der Waals surface area contributed by atoms with Crippen LogP contribution in [0.4, 0.5) is 0 Å². The smallest absolute Gasteiger partial charge is 0.481 e. The highest BCUT2D eigenvalue weighted by atomic mass is 16.7. The Hall–Kier alpha value is -1.86. The second kappa shape index (κ2) is 5.65. The van der Waals surface area contributed by atoms with Crippen LogP contribution in [0.3, 0.4) is 0 Å². The molecule has 2 aromatic rings. The fourth-order valence-electron chi connectivity index (χ4n) is 2.39. The average Bonchev–Trinajstić information content (AvgIpc) is 3.02. The van der Waals surface area contributed by atoms with Gasteiger partial charge in [-0.2, -0.15) is 5.10 Å². The summed E-state index contributed by atoms with van der Waals surface area (Å²) >= 11 is 0. The maximum atomic E-state index is 6.04. The van der Waals surface area contributed by atoms with Crippen molar-refractivity contribution in [3.63, 3.8) is 0 Å². The lowest BCUT2D eigenvalue weighted by molar-refractivity contribution is 0.00578. The van der Waals surface area contributed by atoms with Crippen LogP contribution in [0.15, 0.2) is 30.6 Å². The monoisotopic (exact) mass is 315 g/mol. The first-order valence-electron chi connectivity index (χ1n) is 7.69. The molecule has 0 amide bonds. The van der Waals surface area contributed by atoms with Gasteiger partial charge in [0.15, 0.2) is 0 Å². The predicted molar refractivity (Wildman–Crippen MR) is 87.8 cm³/mol. The number of ether oxygens (including phenoxy) is 1. The summed E-state index contributed by atoms with van der Waals surface area (Å²) in [5, 5.41) is 4.38. The molecule has 0 saturated carbocycles. The van der Waals surface area contributed by atoms with Crippen molar-refractivity contribution < 1.29 is 14.0 Å².